The molecule has 1 aliphatic rings. The van der Waals surface area contributed by atoms with Gasteiger partial charge in [-0.15, -0.1) is 5.10 Å². The van der Waals surface area contributed by atoms with Crippen molar-refractivity contribution >= 4 is 50.7 Å². The second-order valence-electron chi connectivity index (χ2n) is 3.92. The molecule has 1 aromatic rings. The smallest absolute Gasteiger partial charge is 0.288 e. The summed E-state index contributed by atoms with van der Waals surface area (Å²) in [5, 5.41) is 31.3. The number of amidine groups is 1. The van der Waals surface area contributed by atoms with Crippen LogP contribution in [-0.4, -0.2) is 40.2 Å². The van der Waals surface area contributed by atoms with Crippen molar-refractivity contribution in [3.63, 3.8) is 0 Å². The van der Waals surface area contributed by atoms with Gasteiger partial charge >= 0.3 is 0 Å². The number of aromatic hydroxyl groups is 1. The van der Waals surface area contributed by atoms with Crippen molar-refractivity contribution in [1.82, 2.24) is 5.32 Å². The van der Waals surface area contributed by atoms with Gasteiger partial charge in [-0.05, 0) is 15.9 Å². The van der Waals surface area contributed by atoms with Crippen LogP contribution >= 0.6 is 27.7 Å². The Morgan fingerprint density at radius 1 is 1.64 bits per heavy atom. The molecule has 0 radical (unpaired) electrons. The van der Waals surface area contributed by atoms with Crippen molar-refractivity contribution in [3.05, 3.63) is 26.2 Å². The SMILES string of the molecule is COc1cc([N+](=O)[O-])c(Br)c(C=NN=C2NC(=O)CS2)c1O. The Morgan fingerprint density at radius 2 is 2.36 bits per heavy atom. The van der Waals surface area contributed by atoms with Crippen LogP contribution in [0.4, 0.5) is 5.69 Å². The number of ether oxygens (including phenoxy) is 1. The highest BCUT2D eigenvalue weighted by molar-refractivity contribution is 9.10. The number of thioether (sulfide) groups is 1. The fourth-order valence-corrected chi connectivity index (χ4v) is 2.74. The van der Waals surface area contributed by atoms with E-state index in [9.17, 15) is 20.0 Å². The summed E-state index contributed by atoms with van der Waals surface area (Å²) in [5.74, 6) is -0.298. The number of nitro groups is 1. The number of amides is 1. The first-order chi connectivity index (χ1) is 10.4. The molecule has 0 saturated carbocycles. The second-order valence-corrected chi connectivity index (χ2v) is 5.67. The van der Waals surface area contributed by atoms with E-state index in [2.05, 4.69) is 31.4 Å². The number of hydrogen-bond acceptors (Lipinski definition) is 8. The van der Waals surface area contributed by atoms with Crippen molar-refractivity contribution in [2.75, 3.05) is 12.9 Å². The van der Waals surface area contributed by atoms with Gasteiger partial charge in [-0.3, -0.25) is 14.9 Å². The Hall–Kier alpha value is -2.14. The summed E-state index contributed by atoms with van der Waals surface area (Å²) < 4.78 is 4.94. The van der Waals surface area contributed by atoms with Crippen LogP contribution in [0, 0.1) is 10.1 Å². The molecular weight excluding hydrogens is 380 g/mol. The van der Waals surface area contributed by atoms with Gasteiger partial charge in [-0.2, -0.15) is 5.10 Å². The number of phenols is 1. The summed E-state index contributed by atoms with van der Waals surface area (Å²) in [6, 6.07) is 1.09. The van der Waals surface area contributed by atoms with E-state index in [0.717, 1.165) is 12.3 Å². The normalized spacial score (nSPS) is 16.3. The van der Waals surface area contributed by atoms with E-state index in [1.807, 2.05) is 0 Å². The number of rotatable bonds is 4. The molecule has 0 aromatic heterocycles. The zero-order valence-corrected chi connectivity index (χ0v) is 13.5. The molecule has 0 aliphatic carbocycles. The zero-order chi connectivity index (χ0) is 16.3. The first-order valence-electron chi connectivity index (χ1n) is 5.71. The number of halogens is 1. The zero-order valence-electron chi connectivity index (χ0n) is 11.1. The van der Waals surface area contributed by atoms with Crippen molar-refractivity contribution in [2.45, 2.75) is 0 Å². The van der Waals surface area contributed by atoms with Gasteiger partial charge in [-0.1, -0.05) is 11.8 Å². The Balaban J connectivity index is 2.39. The molecule has 116 valence electrons. The fraction of sp³-hybridized carbons (Fsp3) is 0.182. The lowest BCUT2D eigenvalue weighted by Crippen LogP contribution is -2.19. The van der Waals surface area contributed by atoms with Crippen molar-refractivity contribution in [1.29, 1.82) is 0 Å². The number of methoxy groups -OCH3 is 1. The van der Waals surface area contributed by atoms with Gasteiger partial charge in [0.1, 0.15) is 4.47 Å². The van der Waals surface area contributed by atoms with Crippen LogP contribution in [-0.2, 0) is 4.79 Å². The molecule has 0 atom stereocenters. The largest absolute Gasteiger partial charge is 0.504 e. The average molecular weight is 389 g/mol. The number of nitro benzene ring substituents is 1. The predicted octanol–water partition coefficient (Wildman–Crippen LogP) is 1.62. The molecule has 1 amide bonds. The van der Waals surface area contributed by atoms with Crippen molar-refractivity contribution in [2.24, 2.45) is 10.2 Å². The number of phenolic OH excluding ortho intramolecular Hbond substituents is 1. The molecule has 22 heavy (non-hydrogen) atoms. The predicted molar refractivity (Wildman–Crippen MR) is 84.6 cm³/mol. The minimum atomic E-state index is -0.623. The molecule has 2 rings (SSSR count). The van der Waals surface area contributed by atoms with Crippen LogP contribution in [0.1, 0.15) is 5.56 Å². The Bertz CT molecular complexity index is 706. The lowest BCUT2D eigenvalue weighted by Gasteiger charge is -2.08. The van der Waals surface area contributed by atoms with Crippen LogP contribution in [0.15, 0.2) is 20.7 Å². The third-order valence-corrected chi connectivity index (χ3v) is 4.25. The maximum atomic E-state index is 11.0. The van der Waals surface area contributed by atoms with Crippen LogP contribution in [0.3, 0.4) is 0 Å². The van der Waals surface area contributed by atoms with E-state index in [0.29, 0.717) is 5.17 Å². The number of benzene rings is 1. The van der Waals surface area contributed by atoms with Crippen LogP contribution in [0.5, 0.6) is 11.5 Å². The first-order valence-corrected chi connectivity index (χ1v) is 7.49. The van der Waals surface area contributed by atoms with E-state index < -0.39 is 4.92 Å². The summed E-state index contributed by atoms with van der Waals surface area (Å²) in [6.45, 7) is 0. The minimum absolute atomic E-state index is 0.0443. The fourth-order valence-electron chi connectivity index (χ4n) is 1.56. The first kappa shape index (κ1) is 16.2. The quantitative estimate of drug-likeness (QED) is 0.458. The molecule has 1 aromatic carbocycles. The molecule has 9 nitrogen and oxygen atoms in total. The second kappa shape index (κ2) is 6.75. The summed E-state index contributed by atoms with van der Waals surface area (Å²) >= 11 is 4.23. The number of hydrogen-bond donors (Lipinski definition) is 2. The van der Waals surface area contributed by atoms with Crippen LogP contribution in [0.2, 0.25) is 0 Å². The standard InChI is InChI=1S/C11H9BrN4O5S/c1-21-7-2-6(16(19)20)9(12)5(10(7)18)3-13-15-11-14-8(17)4-22-11/h2-3,18H,4H2,1H3,(H,14,15,17). The topological polar surface area (TPSA) is 126 Å². The molecule has 1 aliphatic heterocycles. The number of carbonyl (C=O) groups is 1. The highest BCUT2D eigenvalue weighted by atomic mass is 79.9. The number of nitrogens with zero attached hydrogens (tertiary/aromatic N) is 3. The third-order valence-electron chi connectivity index (χ3n) is 2.56. The monoisotopic (exact) mass is 388 g/mol. The number of carbonyl (C=O) groups excluding carboxylic acids is 1. The molecule has 0 bridgehead atoms. The van der Waals surface area contributed by atoms with Crippen LogP contribution in [0.25, 0.3) is 0 Å². The molecule has 2 N–H and O–H groups in total. The molecule has 11 heteroatoms. The molecule has 0 spiro atoms. The van der Waals surface area contributed by atoms with E-state index >= 15 is 0 Å². The maximum absolute atomic E-state index is 11.0. The van der Waals surface area contributed by atoms with Crippen molar-refractivity contribution in [3.8, 4) is 11.5 Å². The van der Waals surface area contributed by atoms with Crippen LogP contribution < -0.4 is 10.1 Å². The molecule has 1 heterocycles. The Kier molecular flexibility index (Phi) is 4.98. The highest BCUT2D eigenvalue weighted by Crippen LogP contribution is 2.40. The van der Waals surface area contributed by atoms with E-state index in [1.54, 1.807) is 0 Å². The lowest BCUT2D eigenvalue weighted by molar-refractivity contribution is -0.385. The van der Waals surface area contributed by atoms with E-state index in [4.69, 9.17) is 4.74 Å². The maximum Gasteiger partial charge on any atom is 0.288 e. The van der Waals surface area contributed by atoms with Gasteiger partial charge in [0.25, 0.3) is 5.69 Å². The Morgan fingerprint density at radius 3 is 2.91 bits per heavy atom. The highest BCUT2D eigenvalue weighted by Gasteiger charge is 2.22. The molecule has 1 saturated heterocycles. The molecule has 0 unspecified atom stereocenters. The van der Waals surface area contributed by atoms with Gasteiger partial charge in [0.05, 0.1) is 35.6 Å². The van der Waals surface area contributed by atoms with Gasteiger partial charge < -0.3 is 15.2 Å². The third kappa shape index (κ3) is 3.36. The van der Waals surface area contributed by atoms with Gasteiger partial charge in [0.2, 0.25) is 5.91 Å². The molecule has 1 fully saturated rings. The summed E-state index contributed by atoms with van der Waals surface area (Å²) in [4.78, 5) is 21.4. The minimum Gasteiger partial charge on any atom is -0.504 e. The summed E-state index contributed by atoms with van der Waals surface area (Å²) in [5.41, 5.74) is -0.239. The van der Waals surface area contributed by atoms with Gasteiger partial charge in [0.15, 0.2) is 16.7 Å². The van der Waals surface area contributed by atoms with Gasteiger partial charge in [-0.25, -0.2) is 0 Å². The average Bonchev–Trinajstić information content (AvgIpc) is 2.88. The summed E-state index contributed by atoms with van der Waals surface area (Å²) in [6.07, 6.45) is 1.13. The molecular formula is C11H9BrN4O5S. The van der Waals surface area contributed by atoms with Crippen molar-refractivity contribution < 1.29 is 19.6 Å². The van der Waals surface area contributed by atoms with Gasteiger partial charge in [0, 0.05) is 0 Å². The lowest BCUT2D eigenvalue weighted by atomic mass is 10.1. The van der Waals surface area contributed by atoms with E-state index in [-0.39, 0.29) is 38.9 Å². The Labute approximate surface area is 136 Å². The number of nitrogens with one attached hydrogen (secondary N) is 1. The van der Waals surface area contributed by atoms with E-state index in [1.165, 1.54) is 18.9 Å². The summed E-state index contributed by atoms with van der Waals surface area (Å²) in [7, 11) is 1.28.